The molecule has 0 aliphatic heterocycles. The van der Waals surface area contributed by atoms with Crippen LogP contribution in [0.25, 0.3) is 0 Å². The molecule has 59 heavy (non-hydrogen) atoms. The normalized spacial score (nSPS) is 13.5. The third-order valence-corrected chi connectivity index (χ3v) is 11.7. The zero-order valence-corrected chi connectivity index (χ0v) is 39.4. The van der Waals surface area contributed by atoms with E-state index < -0.39 is 18.2 Å². The first kappa shape index (κ1) is 57.1. The zero-order valence-electron chi connectivity index (χ0n) is 39.4. The quantitative estimate of drug-likeness (QED) is 0.0323. The van der Waals surface area contributed by atoms with Gasteiger partial charge in [-0.25, -0.2) is 0 Å². The Morgan fingerprint density at radius 1 is 0.492 bits per heavy atom. The Balaban J connectivity index is 4.46. The van der Waals surface area contributed by atoms with Crippen molar-refractivity contribution in [2.24, 2.45) is 0 Å². The van der Waals surface area contributed by atoms with E-state index >= 15 is 0 Å². The molecule has 0 spiro atoms. The molecule has 0 aliphatic carbocycles. The number of carbonyl (C=O) groups is 2. The lowest BCUT2D eigenvalue weighted by Crippen LogP contribution is -2.46. The minimum Gasteiger partial charge on any atom is -0.462 e. The largest absolute Gasteiger partial charge is 0.462 e. The fourth-order valence-electron chi connectivity index (χ4n) is 7.75. The highest BCUT2D eigenvalue weighted by molar-refractivity contribution is 5.77. The van der Waals surface area contributed by atoms with Crippen LogP contribution in [0.1, 0.15) is 265 Å². The number of carbonyl (C=O) groups excluding carboxylic acids is 2. The van der Waals surface area contributed by atoms with Gasteiger partial charge in [-0.2, -0.15) is 0 Å². The Bertz CT molecular complexity index is 977. The standard InChI is InChI=1S/C53H99NO5/c1-4-7-10-13-16-19-22-23-24-25-26-27-28-29-31-34-37-40-43-46-53(58)59-49(44-41-38-35-32-21-18-15-12-9-6-3)47-52(57)54-50(48-55)51(56)45-42-39-36-33-30-20-17-14-11-8-5-2/h16,18-19,21,23-24,49-51,55-56H,4-15,17,20,22,25-48H2,1-3H3,(H,54,57)/b19-16-,21-18-,24-23-. The van der Waals surface area contributed by atoms with Crippen molar-refractivity contribution in [2.75, 3.05) is 6.61 Å². The number of hydrogen-bond donors (Lipinski definition) is 3. The third-order valence-electron chi connectivity index (χ3n) is 11.7. The molecular weight excluding hydrogens is 731 g/mol. The highest BCUT2D eigenvalue weighted by Gasteiger charge is 2.24. The molecule has 3 unspecified atom stereocenters. The highest BCUT2D eigenvalue weighted by Crippen LogP contribution is 2.17. The van der Waals surface area contributed by atoms with Gasteiger partial charge < -0.3 is 20.3 Å². The van der Waals surface area contributed by atoms with Crippen LogP contribution < -0.4 is 5.32 Å². The summed E-state index contributed by atoms with van der Waals surface area (Å²) >= 11 is 0. The van der Waals surface area contributed by atoms with Crippen LogP contribution >= 0.6 is 0 Å². The zero-order chi connectivity index (χ0) is 43.1. The number of aliphatic hydroxyl groups is 2. The van der Waals surface area contributed by atoms with E-state index in [2.05, 4.69) is 62.5 Å². The molecule has 0 radical (unpaired) electrons. The molecule has 346 valence electrons. The van der Waals surface area contributed by atoms with E-state index in [0.717, 1.165) is 77.0 Å². The first-order valence-corrected chi connectivity index (χ1v) is 25.7. The van der Waals surface area contributed by atoms with Crippen molar-refractivity contribution in [3.8, 4) is 0 Å². The smallest absolute Gasteiger partial charge is 0.306 e. The summed E-state index contributed by atoms with van der Waals surface area (Å²) in [6.07, 6.45) is 54.9. The molecule has 0 heterocycles. The maximum atomic E-state index is 13.2. The van der Waals surface area contributed by atoms with Gasteiger partial charge in [0.25, 0.3) is 0 Å². The van der Waals surface area contributed by atoms with E-state index in [0.29, 0.717) is 19.3 Å². The molecule has 0 bridgehead atoms. The van der Waals surface area contributed by atoms with Crippen molar-refractivity contribution in [2.45, 2.75) is 283 Å². The van der Waals surface area contributed by atoms with Crippen molar-refractivity contribution in [3.63, 3.8) is 0 Å². The Morgan fingerprint density at radius 2 is 0.864 bits per heavy atom. The van der Waals surface area contributed by atoms with Crippen LogP contribution in [0.5, 0.6) is 0 Å². The molecule has 3 atom stereocenters. The number of unbranched alkanes of at least 4 members (excludes halogenated alkanes) is 28. The first-order valence-electron chi connectivity index (χ1n) is 25.7. The van der Waals surface area contributed by atoms with Crippen LogP contribution in [0.4, 0.5) is 0 Å². The van der Waals surface area contributed by atoms with Gasteiger partial charge in [0, 0.05) is 6.42 Å². The van der Waals surface area contributed by atoms with Gasteiger partial charge >= 0.3 is 5.97 Å². The molecule has 0 rings (SSSR count). The van der Waals surface area contributed by atoms with Gasteiger partial charge in [-0.3, -0.25) is 9.59 Å². The van der Waals surface area contributed by atoms with Crippen molar-refractivity contribution >= 4 is 11.9 Å². The monoisotopic (exact) mass is 830 g/mol. The molecule has 0 saturated heterocycles. The van der Waals surface area contributed by atoms with E-state index in [4.69, 9.17) is 4.74 Å². The summed E-state index contributed by atoms with van der Waals surface area (Å²) in [6.45, 7) is 6.42. The van der Waals surface area contributed by atoms with Crippen LogP contribution in [0.3, 0.4) is 0 Å². The molecule has 0 saturated carbocycles. The molecular formula is C53H99NO5. The molecule has 0 aromatic rings. The molecule has 3 N–H and O–H groups in total. The topological polar surface area (TPSA) is 95.9 Å². The van der Waals surface area contributed by atoms with E-state index in [1.165, 1.54) is 141 Å². The summed E-state index contributed by atoms with van der Waals surface area (Å²) in [7, 11) is 0. The molecule has 0 aliphatic rings. The second kappa shape index (κ2) is 47.1. The van der Waals surface area contributed by atoms with Crippen LogP contribution in [-0.4, -0.2) is 46.9 Å². The average Bonchev–Trinajstić information content (AvgIpc) is 3.23. The average molecular weight is 830 g/mol. The maximum absolute atomic E-state index is 13.2. The van der Waals surface area contributed by atoms with Crippen LogP contribution in [0.15, 0.2) is 36.5 Å². The summed E-state index contributed by atoms with van der Waals surface area (Å²) < 4.78 is 5.91. The number of rotatable bonds is 46. The van der Waals surface area contributed by atoms with E-state index in [1.54, 1.807) is 0 Å². The minimum atomic E-state index is -0.789. The Kier molecular flexibility index (Phi) is 45.6. The second-order valence-electron chi connectivity index (χ2n) is 17.6. The predicted molar refractivity (Wildman–Crippen MR) is 255 cm³/mol. The van der Waals surface area contributed by atoms with Crippen molar-refractivity contribution in [1.82, 2.24) is 5.32 Å². The fourth-order valence-corrected chi connectivity index (χ4v) is 7.75. The minimum absolute atomic E-state index is 0.0670. The van der Waals surface area contributed by atoms with Crippen molar-refractivity contribution < 1.29 is 24.5 Å². The molecule has 0 aromatic carbocycles. The van der Waals surface area contributed by atoms with Gasteiger partial charge in [0.05, 0.1) is 25.2 Å². The predicted octanol–water partition coefficient (Wildman–Crippen LogP) is 15.3. The summed E-state index contributed by atoms with van der Waals surface area (Å²) in [5, 5.41) is 23.7. The third kappa shape index (κ3) is 42.6. The molecule has 6 heteroatoms. The number of ether oxygens (including phenoxy) is 1. The van der Waals surface area contributed by atoms with Gasteiger partial charge in [0.1, 0.15) is 6.10 Å². The summed E-state index contributed by atoms with van der Waals surface area (Å²) in [5.41, 5.74) is 0. The van der Waals surface area contributed by atoms with Crippen molar-refractivity contribution in [3.05, 3.63) is 36.5 Å². The number of hydrogen-bond acceptors (Lipinski definition) is 5. The number of esters is 1. The number of aliphatic hydroxyl groups excluding tert-OH is 2. The van der Waals surface area contributed by atoms with E-state index in [9.17, 15) is 19.8 Å². The highest BCUT2D eigenvalue weighted by atomic mass is 16.5. The van der Waals surface area contributed by atoms with Crippen LogP contribution in [-0.2, 0) is 14.3 Å². The lowest BCUT2D eigenvalue weighted by atomic mass is 10.0. The Hall–Kier alpha value is -1.92. The molecule has 6 nitrogen and oxygen atoms in total. The lowest BCUT2D eigenvalue weighted by Gasteiger charge is -2.24. The summed E-state index contributed by atoms with van der Waals surface area (Å²) in [5.74, 6) is -0.489. The van der Waals surface area contributed by atoms with Gasteiger partial charge in [0.15, 0.2) is 0 Å². The first-order chi connectivity index (χ1) is 29.0. The number of allylic oxidation sites excluding steroid dienone is 6. The molecule has 1 amide bonds. The summed E-state index contributed by atoms with van der Waals surface area (Å²) in [4.78, 5) is 26.1. The number of nitrogens with one attached hydrogen (secondary N) is 1. The molecule has 0 fully saturated rings. The summed E-state index contributed by atoms with van der Waals surface area (Å²) in [6, 6.07) is -0.703. The van der Waals surface area contributed by atoms with Gasteiger partial charge in [-0.1, -0.05) is 205 Å². The lowest BCUT2D eigenvalue weighted by molar-refractivity contribution is -0.151. The molecule has 0 aromatic heterocycles. The van der Waals surface area contributed by atoms with Crippen LogP contribution in [0, 0.1) is 0 Å². The second-order valence-corrected chi connectivity index (χ2v) is 17.6. The van der Waals surface area contributed by atoms with E-state index in [1.807, 2.05) is 0 Å². The van der Waals surface area contributed by atoms with Crippen LogP contribution in [0.2, 0.25) is 0 Å². The Morgan fingerprint density at radius 3 is 1.36 bits per heavy atom. The maximum Gasteiger partial charge on any atom is 0.306 e. The fraction of sp³-hybridized carbons (Fsp3) is 0.849. The van der Waals surface area contributed by atoms with Gasteiger partial charge in [-0.15, -0.1) is 0 Å². The van der Waals surface area contributed by atoms with Crippen molar-refractivity contribution in [1.29, 1.82) is 0 Å². The van der Waals surface area contributed by atoms with E-state index in [-0.39, 0.29) is 24.9 Å². The Labute approximate surface area is 366 Å². The van der Waals surface area contributed by atoms with Gasteiger partial charge in [-0.05, 0) is 83.5 Å². The SMILES string of the molecule is CCCCC/C=C\C/C=C\CCCCCCCCCCCC(=O)OC(CCCCC/C=C\CCCCC)CC(=O)NC(CO)C(O)CCCCCCCCCCCCC. The number of amides is 1. The van der Waals surface area contributed by atoms with Gasteiger partial charge in [0.2, 0.25) is 5.91 Å².